The van der Waals surface area contributed by atoms with Crippen LogP contribution in [0.4, 0.5) is 0 Å². The minimum Gasteiger partial charge on any atom is -0.502 e. The number of aliphatic hydroxyl groups is 1. The van der Waals surface area contributed by atoms with E-state index in [1.807, 2.05) is 4.98 Å². The number of aromatic nitrogens is 2. The first-order valence-corrected chi connectivity index (χ1v) is 5.41. The Morgan fingerprint density at radius 3 is 3.00 bits per heavy atom. The number of nitrogens with one attached hydrogen (secondary N) is 1. The standard InChI is InChI=1S/C9H11N5O5/c10-13-12-4-1-7(19-6(4)3-15)14-2-5(16)8(17)11-9(14)18/h2,4,6-7,15-16H,1,3H2,(H,11,17,18)/t4?,6-,7-/m0/s1. The summed E-state index contributed by atoms with van der Waals surface area (Å²) in [5.41, 5.74) is 6.74. The zero-order valence-corrected chi connectivity index (χ0v) is 9.63. The Labute approximate surface area is 105 Å². The molecule has 0 aromatic carbocycles. The average molecular weight is 269 g/mol. The van der Waals surface area contributed by atoms with E-state index in [4.69, 9.17) is 15.4 Å². The van der Waals surface area contributed by atoms with Crippen LogP contribution < -0.4 is 11.2 Å². The summed E-state index contributed by atoms with van der Waals surface area (Å²) in [6.07, 6.45) is -0.468. The number of rotatable bonds is 3. The smallest absolute Gasteiger partial charge is 0.330 e. The number of hydrogen-bond donors (Lipinski definition) is 3. The van der Waals surface area contributed by atoms with E-state index in [0.29, 0.717) is 0 Å². The van der Waals surface area contributed by atoms with Crippen molar-refractivity contribution in [2.45, 2.75) is 24.8 Å². The highest BCUT2D eigenvalue weighted by Crippen LogP contribution is 2.29. The van der Waals surface area contributed by atoms with E-state index in [1.165, 1.54) is 0 Å². The third kappa shape index (κ3) is 2.45. The number of aromatic amines is 1. The summed E-state index contributed by atoms with van der Waals surface area (Å²) >= 11 is 0. The minimum atomic E-state index is -0.899. The summed E-state index contributed by atoms with van der Waals surface area (Å²) in [6, 6.07) is -0.624. The number of H-pyrrole nitrogens is 1. The van der Waals surface area contributed by atoms with Gasteiger partial charge in [0.15, 0.2) is 5.75 Å². The molecule has 0 amide bonds. The van der Waals surface area contributed by atoms with E-state index in [-0.39, 0.29) is 13.0 Å². The molecule has 3 N–H and O–H groups in total. The van der Waals surface area contributed by atoms with Gasteiger partial charge in [-0.2, -0.15) is 0 Å². The fourth-order valence-corrected chi connectivity index (χ4v) is 1.93. The fourth-order valence-electron chi connectivity index (χ4n) is 1.93. The largest absolute Gasteiger partial charge is 0.502 e. The second-order valence-corrected chi connectivity index (χ2v) is 4.00. The van der Waals surface area contributed by atoms with Gasteiger partial charge in [0.25, 0.3) is 5.56 Å². The summed E-state index contributed by atoms with van der Waals surface area (Å²) in [4.78, 5) is 27.2. The first kappa shape index (κ1) is 13.1. The minimum absolute atomic E-state index is 0.153. The van der Waals surface area contributed by atoms with Crippen molar-refractivity contribution >= 4 is 0 Å². The maximum atomic E-state index is 11.6. The molecule has 0 spiro atoms. The predicted molar refractivity (Wildman–Crippen MR) is 61.5 cm³/mol. The molecule has 1 fully saturated rings. The van der Waals surface area contributed by atoms with Crippen molar-refractivity contribution in [3.05, 3.63) is 37.5 Å². The lowest BCUT2D eigenvalue weighted by molar-refractivity contribution is -0.0273. The molecule has 0 saturated carbocycles. The Morgan fingerprint density at radius 1 is 1.63 bits per heavy atom. The predicted octanol–water partition coefficient (Wildman–Crippen LogP) is -0.799. The lowest BCUT2D eigenvalue weighted by Gasteiger charge is -2.14. The first-order valence-electron chi connectivity index (χ1n) is 5.41. The molecule has 0 aliphatic carbocycles. The summed E-state index contributed by atoms with van der Waals surface area (Å²) < 4.78 is 6.33. The second-order valence-electron chi connectivity index (χ2n) is 4.00. The fraction of sp³-hybridized carbons (Fsp3) is 0.556. The van der Waals surface area contributed by atoms with Crippen molar-refractivity contribution < 1.29 is 14.9 Å². The molecule has 1 aromatic rings. The third-order valence-corrected chi connectivity index (χ3v) is 2.84. The van der Waals surface area contributed by atoms with Gasteiger partial charge in [-0.05, 0) is 5.53 Å². The molecule has 10 nitrogen and oxygen atoms in total. The van der Waals surface area contributed by atoms with E-state index in [0.717, 1.165) is 10.8 Å². The van der Waals surface area contributed by atoms with Crippen molar-refractivity contribution in [3.63, 3.8) is 0 Å². The molecule has 10 heteroatoms. The highest BCUT2D eigenvalue weighted by atomic mass is 16.5. The first-order chi connectivity index (χ1) is 9.06. The Hall–Kier alpha value is -2.29. The summed E-state index contributed by atoms with van der Waals surface area (Å²) in [5, 5.41) is 21.8. The van der Waals surface area contributed by atoms with Crippen molar-refractivity contribution in [1.29, 1.82) is 0 Å². The van der Waals surface area contributed by atoms with Crippen LogP contribution in [0.1, 0.15) is 12.6 Å². The lowest BCUT2D eigenvalue weighted by atomic mass is 10.1. The van der Waals surface area contributed by atoms with Gasteiger partial charge >= 0.3 is 5.69 Å². The Balaban J connectivity index is 2.34. The van der Waals surface area contributed by atoms with Crippen LogP contribution in [0.2, 0.25) is 0 Å². The highest BCUT2D eigenvalue weighted by molar-refractivity contribution is 5.09. The molecule has 1 aliphatic heterocycles. The van der Waals surface area contributed by atoms with Gasteiger partial charge in [-0.15, -0.1) is 0 Å². The van der Waals surface area contributed by atoms with Gasteiger partial charge in [-0.25, -0.2) is 4.79 Å². The van der Waals surface area contributed by atoms with Gasteiger partial charge in [0.1, 0.15) is 6.23 Å². The maximum Gasteiger partial charge on any atom is 0.330 e. The van der Waals surface area contributed by atoms with Crippen molar-refractivity contribution in [1.82, 2.24) is 9.55 Å². The molecule has 1 aliphatic rings. The molecule has 19 heavy (non-hydrogen) atoms. The molecular formula is C9H11N5O5. The molecule has 1 aromatic heterocycles. The Morgan fingerprint density at radius 2 is 2.37 bits per heavy atom. The number of aliphatic hydroxyl groups excluding tert-OH is 1. The average Bonchev–Trinajstić information content (AvgIpc) is 2.77. The van der Waals surface area contributed by atoms with Crippen LogP contribution in [-0.2, 0) is 4.74 Å². The van der Waals surface area contributed by atoms with Gasteiger partial charge in [-0.3, -0.25) is 14.3 Å². The molecule has 2 rings (SSSR count). The van der Waals surface area contributed by atoms with Crippen molar-refractivity contribution in [2.24, 2.45) is 5.11 Å². The number of azide groups is 1. The normalized spacial score (nSPS) is 26.1. The van der Waals surface area contributed by atoms with Gasteiger partial charge in [0.2, 0.25) is 0 Å². The molecule has 102 valence electrons. The van der Waals surface area contributed by atoms with Crippen LogP contribution in [0, 0.1) is 0 Å². The van der Waals surface area contributed by atoms with E-state index in [2.05, 4.69) is 10.0 Å². The number of aromatic hydroxyl groups is 1. The summed E-state index contributed by atoms with van der Waals surface area (Å²) in [7, 11) is 0. The highest BCUT2D eigenvalue weighted by Gasteiger charge is 2.35. The molecule has 3 atom stereocenters. The van der Waals surface area contributed by atoms with Crippen LogP contribution in [-0.4, -0.2) is 38.5 Å². The van der Waals surface area contributed by atoms with Crippen LogP contribution in [0.25, 0.3) is 10.4 Å². The zero-order chi connectivity index (χ0) is 14.0. The van der Waals surface area contributed by atoms with Crippen LogP contribution in [0.15, 0.2) is 20.9 Å². The van der Waals surface area contributed by atoms with Crippen LogP contribution in [0.3, 0.4) is 0 Å². The topological polar surface area (TPSA) is 153 Å². The van der Waals surface area contributed by atoms with Gasteiger partial charge in [0, 0.05) is 11.3 Å². The molecular weight excluding hydrogens is 258 g/mol. The summed E-state index contributed by atoms with van der Waals surface area (Å²) in [6.45, 7) is -0.371. The molecule has 2 heterocycles. The molecule has 1 unspecified atom stereocenters. The lowest BCUT2D eigenvalue weighted by Crippen LogP contribution is -2.32. The van der Waals surface area contributed by atoms with Crippen molar-refractivity contribution in [2.75, 3.05) is 6.61 Å². The maximum absolute atomic E-state index is 11.6. The van der Waals surface area contributed by atoms with E-state index in [1.54, 1.807) is 0 Å². The second kappa shape index (κ2) is 5.14. The molecule has 1 saturated heterocycles. The Bertz CT molecular complexity index is 631. The van der Waals surface area contributed by atoms with Gasteiger partial charge < -0.3 is 14.9 Å². The number of ether oxygens (including phenoxy) is 1. The van der Waals surface area contributed by atoms with Gasteiger partial charge in [0.05, 0.1) is 24.9 Å². The molecule has 0 bridgehead atoms. The summed E-state index contributed by atoms with van der Waals surface area (Å²) in [5.74, 6) is -0.629. The number of hydrogen-bond acceptors (Lipinski definition) is 6. The monoisotopic (exact) mass is 269 g/mol. The van der Waals surface area contributed by atoms with Crippen molar-refractivity contribution in [3.8, 4) is 5.75 Å². The van der Waals surface area contributed by atoms with Gasteiger partial charge in [-0.1, -0.05) is 5.11 Å². The Kier molecular flexibility index (Phi) is 3.56. The zero-order valence-electron chi connectivity index (χ0n) is 9.63. The van der Waals surface area contributed by atoms with Crippen LogP contribution >= 0.6 is 0 Å². The third-order valence-electron chi connectivity index (χ3n) is 2.84. The quantitative estimate of drug-likeness (QED) is 0.372. The van der Waals surface area contributed by atoms with E-state index < -0.39 is 35.4 Å². The van der Waals surface area contributed by atoms with E-state index in [9.17, 15) is 14.7 Å². The van der Waals surface area contributed by atoms with E-state index >= 15 is 0 Å². The van der Waals surface area contributed by atoms with Crippen LogP contribution in [0.5, 0.6) is 5.75 Å². The molecule has 0 radical (unpaired) electrons. The number of nitrogens with zero attached hydrogens (tertiary/aromatic N) is 4. The SMILES string of the molecule is [N-]=[N+]=NC1C[C@@H](n2cc(O)c(=O)[nH]c2=O)O[C@H]1CO.